The van der Waals surface area contributed by atoms with Crippen LogP contribution in [0.3, 0.4) is 0 Å². The number of nitrogens with two attached hydrogens (primary N) is 1. The molecule has 0 aromatic carbocycles. The van der Waals surface area contributed by atoms with Gasteiger partial charge in [0.1, 0.15) is 0 Å². The molecule has 0 radical (unpaired) electrons. The molecule has 3 heteroatoms. The van der Waals surface area contributed by atoms with Gasteiger partial charge in [-0.25, -0.2) is 0 Å². The summed E-state index contributed by atoms with van der Waals surface area (Å²) in [7, 11) is 0. The molecular formula is C15H29N3. The molecule has 2 N–H and O–H groups in total. The van der Waals surface area contributed by atoms with Crippen molar-refractivity contribution in [2.75, 3.05) is 32.7 Å². The van der Waals surface area contributed by atoms with Crippen molar-refractivity contribution in [1.82, 2.24) is 9.80 Å². The summed E-state index contributed by atoms with van der Waals surface area (Å²) in [5.41, 5.74) is 6.61. The van der Waals surface area contributed by atoms with Gasteiger partial charge in [-0.15, -0.1) is 0 Å². The number of hydrogen-bond donors (Lipinski definition) is 1. The number of fused-ring (bicyclic) bond motifs is 2. The SMILES string of the molecule is CC(C)N(CC1CC1)C1(CN)CCN2CCC1C2. The molecule has 0 aromatic heterocycles. The van der Waals surface area contributed by atoms with Crippen LogP contribution in [0.2, 0.25) is 0 Å². The van der Waals surface area contributed by atoms with Crippen LogP contribution < -0.4 is 5.73 Å². The molecule has 2 heterocycles. The average Bonchev–Trinajstić information content (AvgIpc) is 3.10. The van der Waals surface area contributed by atoms with Gasteiger partial charge in [-0.2, -0.15) is 0 Å². The van der Waals surface area contributed by atoms with Gasteiger partial charge >= 0.3 is 0 Å². The number of nitrogens with zero attached hydrogens (tertiary/aromatic N) is 2. The average molecular weight is 251 g/mol. The first-order valence-electron chi connectivity index (χ1n) is 7.85. The Labute approximate surface area is 112 Å². The first kappa shape index (κ1) is 12.9. The van der Waals surface area contributed by atoms with Crippen LogP contribution in [0.5, 0.6) is 0 Å². The second-order valence-corrected chi connectivity index (χ2v) is 7.03. The minimum Gasteiger partial charge on any atom is -0.329 e. The van der Waals surface area contributed by atoms with Crippen LogP contribution in [0, 0.1) is 11.8 Å². The molecule has 104 valence electrons. The molecule has 1 saturated carbocycles. The summed E-state index contributed by atoms with van der Waals surface area (Å²) in [6, 6.07) is 0.640. The fourth-order valence-electron chi connectivity index (χ4n) is 4.28. The topological polar surface area (TPSA) is 32.5 Å². The number of hydrogen-bond acceptors (Lipinski definition) is 3. The highest BCUT2D eigenvalue weighted by atomic mass is 15.3. The van der Waals surface area contributed by atoms with E-state index in [1.807, 2.05) is 0 Å². The van der Waals surface area contributed by atoms with Crippen LogP contribution in [-0.2, 0) is 0 Å². The zero-order valence-corrected chi connectivity index (χ0v) is 12.1. The van der Waals surface area contributed by atoms with Crippen molar-refractivity contribution in [3.63, 3.8) is 0 Å². The predicted octanol–water partition coefficient (Wildman–Crippen LogP) is 1.53. The molecule has 18 heavy (non-hydrogen) atoms. The highest BCUT2D eigenvalue weighted by Gasteiger charge is 2.50. The highest BCUT2D eigenvalue weighted by Crippen LogP contribution is 2.42. The van der Waals surface area contributed by atoms with E-state index in [9.17, 15) is 0 Å². The van der Waals surface area contributed by atoms with Gasteiger partial charge in [0.2, 0.25) is 0 Å². The molecule has 3 atom stereocenters. The lowest BCUT2D eigenvalue weighted by molar-refractivity contribution is -0.0164. The Bertz CT molecular complexity index is 300. The maximum absolute atomic E-state index is 6.30. The third-order valence-electron chi connectivity index (χ3n) is 5.59. The van der Waals surface area contributed by atoms with E-state index < -0.39 is 0 Å². The second kappa shape index (κ2) is 4.77. The molecule has 0 spiro atoms. The minimum absolute atomic E-state index is 0.309. The lowest BCUT2D eigenvalue weighted by Crippen LogP contribution is -2.64. The molecule has 0 aromatic rings. The van der Waals surface area contributed by atoms with Gasteiger partial charge in [0.15, 0.2) is 0 Å². The number of piperidine rings is 1. The maximum Gasteiger partial charge on any atom is 0.0387 e. The summed E-state index contributed by atoms with van der Waals surface area (Å²) in [4.78, 5) is 5.42. The largest absolute Gasteiger partial charge is 0.329 e. The van der Waals surface area contributed by atoms with Crippen LogP contribution in [0.25, 0.3) is 0 Å². The Hall–Kier alpha value is -0.120. The van der Waals surface area contributed by atoms with Crippen LogP contribution in [0.15, 0.2) is 0 Å². The van der Waals surface area contributed by atoms with Crippen molar-refractivity contribution in [3.8, 4) is 0 Å². The normalized spacial score (nSPS) is 39.8. The summed E-state index contributed by atoms with van der Waals surface area (Å²) in [5.74, 6) is 1.78. The molecule has 3 rings (SSSR count). The highest BCUT2D eigenvalue weighted by molar-refractivity contribution is 5.06. The minimum atomic E-state index is 0.309. The predicted molar refractivity (Wildman–Crippen MR) is 75.5 cm³/mol. The Morgan fingerprint density at radius 1 is 1.28 bits per heavy atom. The van der Waals surface area contributed by atoms with E-state index in [0.717, 1.165) is 18.4 Å². The van der Waals surface area contributed by atoms with Crippen molar-refractivity contribution in [2.24, 2.45) is 17.6 Å². The van der Waals surface area contributed by atoms with Gasteiger partial charge < -0.3 is 10.6 Å². The van der Waals surface area contributed by atoms with Crippen molar-refractivity contribution < 1.29 is 0 Å². The third kappa shape index (κ3) is 2.10. The summed E-state index contributed by atoms with van der Waals surface area (Å²) in [6.45, 7) is 10.7. The summed E-state index contributed by atoms with van der Waals surface area (Å²) in [6.07, 6.45) is 5.55. The number of rotatable bonds is 5. The lowest BCUT2D eigenvalue weighted by atomic mass is 9.76. The molecule has 2 bridgehead atoms. The molecule has 3 fully saturated rings. The molecule has 3 unspecified atom stereocenters. The molecule has 2 aliphatic heterocycles. The van der Waals surface area contributed by atoms with Gasteiger partial charge in [0.05, 0.1) is 0 Å². The Kier molecular flexibility index (Phi) is 3.41. The fourth-order valence-corrected chi connectivity index (χ4v) is 4.28. The van der Waals surface area contributed by atoms with Gasteiger partial charge in [-0.3, -0.25) is 4.90 Å². The molecule has 1 aliphatic carbocycles. The van der Waals surface area contributed by atoms with E-state index >= 15 is 0 Å². The van der Waals surface area contributed by atoms with Crippen LogP contribution in [0.4, 0.5) is 0 Å². The summed E-state index contributed by atoms with van der Waals surface area (Å²) in [5, 5.41) is 0. The van der Waals surface area contributed by atoms with Crippen molar-refractivity contribution in [3.05, 3.63) is 0 Å². The van der Waals surface area contributed by atoms with Crippen LogP contribution in [-0.4, -0.2) is 54.1 Å². The van der Waals surface area contributed by atoms with E-state index in [0.29, 0.717) is 11.6 Å². The Balaban J connectivity index is 1.82. The lowest BCUT2D eigenvalue weighted by Gasteiger charge is -2.52. The quantitative estimate of drug-likeness (QED) is 0.804. The molecular weight excluding hydrogens is 222 g/mol. The second-order valence-electron chi connectivity index (χ2n) is 7.03. The van der Waals surface area contributed by atoms with Crippen molar-refractivity contribution in [1.29, 1.82) is 0 Å². The van der Waals surface area contributed by atoms with Gasteiger partial charge in [-0.05, 0) is 64.5 Å². The molecule has 2 saturated heterocycles. The maximum atomic E-state index is 6.30. The smallest absolute Gasteiger partial charge is 0.0387 e. The molecule has 3 aliphatic rings. The van der Waals surface area contributed by atoms with Crippen LogP contribution in [0.1, 0.15) is 39.5 Å². The molecule has 0 amide bonds. The van der Waals surface area contributed by atoms with Crippen molar-refractivity contribution >= 4 is 0 Å². The Morgan fingerprint density at radius 2 is 2.06 bits per heavy atom. The van der Waals surface area contributed by atoms with Gasteiger partial charge in [0.25, 0.3) is 0 Å². The van der Waals surface area contributed by atoms with Gasteiger partial charge in [0, 0.05) is 31.2 Å². The van der Waals surface area contributed by atoms with E-state index in [-0.39, 0.29) is 0 Å². The van der Waals surface area contributed by atoms with Gasteiger partial charge in [-0.1, -0.05) is 0 Å². The monoisotopic (exact) mass is 251 g/mol. The van der Waals surface area contributed by atoms with Crippen molar-refractivity contribution in [2.45, 2.75) is 51.1 Å². The zero-order chi connectivity index (χ0) is 12.8. The summed E-state index contributed by atoms with van der Waals surface area (Å²) >= 11 is 0. The fraction of sp³-hybridized carbons (Fsp3) is 1.00. The first-order chi connectivity index (χ1) is 8.65. The molecule has 3 nitrogen and oxygen atoms in total. The standard InChI is InChI=1S/C15H29N3/c1-12(2)18(9-13-3-4-13)15(11-16)6-8-17-7-5-14(15)10-17/h12-14H,3-11,16H2,1-2H3. The van der Waals surface area contributed by atoms with Crippen LogP contribution >= 0.6 is 0 Å². The van der Waals surface area contributed by atoms with E-state index in [4.69, 9.17) is 5.73 Å². The zero-order valence-electron chi connectivity index (χ0n) is 12.1. The first-order valence-corrected chi connectivity index (χ1v) is 7.85. The summed E-state index contributed by atoms with van der Waals surface area (Å²) < 4.78 is 0. The van der Waals surface area contributed by atoms with E-state index in [1.54, 1.807) is 0 Å². The Morgan fingerprint density at radius 3 is 2.67 bits per heavy atom. The third-order valence-corrected chi connectivity index (χ3v) is 5.59. The van der Waals surface area contributed by atoms with E-state index in [1.165, 1.54) is 51.9 Å². The van der Waals surface area contributed by atoms with E-state index in [2.05, 4.69) is 23.6 Å².